The van der Waals surface area contributed by atoms with Crippen LogP contribution in [0.1, 0.15) is 24.2 Å². The lowest BCUT2D eigenvalue weighted by Crippen LogP contribution is -2.43. The number of carbonyl (C=O) groups is 1. The normalized spacial score (nSPS) is 15.6. The van der Waals surface area contributed by atoms with Crippen LogP contribution in [-0.2, 0) is 28.3 Å². The lowest BCUT2D eigenvalue weighted by Gasteiger charge is -2.29. The number of ether oxygens (including phenoxy) is 2. The molecule has 0 saturated carbocycles. The van der Waals surface area contributed by atoms with Crippen LogP contribution in [0, 0.1) is 12.8 Å². The van der Waals surface area contributed by atoms with Crippen molar-refractivity contribution in [2.75, 3.05) is 26.7 Å². The van der Waals surface area contributed by atoms with E-state index in [0.29, 0.717) is 37.2 Å². The fourth-order valence-electron chi connectivity index (χ4n) is 3.68. The topological polar surface area (TPSA) is 103 Å². The number of sulfonamides is 1. The lowest BCUT2D eigenvalue weighted by atomic mass is 9.97. The molecule has 9 nitrogen and oxygen atoms in total. The largest absolute Gasteiger partial charge is 0.493 e. The summed E-state index contributed by atoms with van der Waals surface area (Å²) < 4.78 is 63.2. The molecule has 1 amide bonds. The van der Waals surface area contributed by atoms with Gasteiger partial charge in [0.15, 0.2) is 16.5 Å². The van der Waals surface area contributed by atoms with Crippen LogP contribution in [-0.4, -0.2) is 61.5 Å². The molecule has 3 rings (SSSR count). The molecular weight excluding hydrogens is 458 g/mol. The Balaban J connectivity index is 1.50. The van der Waals surface area contributed by atoms with E-state index in [2.05, 4.69) is 15.0 Å². The second-order valence-electron chi connectivity index (χ2n) is 7.82. The molecule has 12 heteroatoms. The average Bonchev–Trinajstić information content (AvgIpc) is 3.12. The van der Waals surface area contributed by atoms with Crippen LogP contribution in [0.5, 0.6) is 11.5 Å². The zero-order chi connectivity index (χ0) is 24.2. The molecule has 0 aliphatic carbocycles. The van der Waals surface area contributed by atoms with Gasteiger partial charge in [0, 0.05) is 38.8 Å². The van der Waals surface area contributed by atoms with Gasteiger partial charge in [0.2, 0.25) is 5.91 Å². The number of nitrogens with zero attached hydrogens (tertiary/aromatic N) is 3. The van der Waals surface area contributed by atoms with Gasteiger partial charge in [0.05, 0.1) is 7.11 Å². The van der Waals surface area contributed by atoms with Crippen LogP contribution in [0.15, 0.2) is 29.4 Å². The molecule has 0 spiro atoms. The number of hydrogen-bond donors (Lipinski definition) is 1. The van der Waals surface area contributed by atoms with Crippen LogP contribution in [0.3, 0.4) is 0 Å². The van der Waals surface area contributed by atoms with Crippen molar-refractivity contribution >= 4 is 15.9 Å². The molecule has 182 valence electrons. The average molecular weight is 487 g/mol. The molecule has 33 heavy (non-hydrogen) atoms. The first-order valence-electron chi connectivity index (χ1n) is 10.5. The summed E-state index contributed by atoms with van der Waals surface area (Å²) in [5.74, 6) is 0.292. The number of rotatable bonds is 9. The molecule has 0 radical (unpaired) electrons. The second-order valence-corrected chi connectivity index (χ2v) is 9.71. The minimum Gasteiger partial charge on any atom is -0.493 e. The van der Waals surface area contributed by atoms with E-state index >= 15 is 0 Å². The van der Waals surface area contributed by atoms with Crippen molar-refractivity contribution in [2.45, 2.75) is 37.8 Å². The first-order chi connectivity index (χ1) is 15.6. The Bertz CT molecular complexity index is 1060. The Hall–Kier alpha value is -2.73. The monoisotopic (exact) mass is 486 g/mol. The lowest BCUT2D eigenvalue weighted by molar-refractivity contribution is -0.126. The highest BCUT2D eigenvalue weighted by molar-refractivity contribution is 7.89. The summed E-state index contributed by atoms with van der Waals surface area (Å²) in [5.41, 5.74) is 0.707. The van der Waals surface area contributed by atoms with E-state index in [-0.39, 0.29) is 41.4 Å². The van der Waals surface area contributed by atoms with Gasteiger partial charge >= 0.3 is 6.61 Å². The van der Waals surface area contributed by atoms with Crippen molar-refractivity contribution in [1.29, 1.82) is 0 Å². The summed E-state index contributed by atoms with van der Waals surface area (Å²) in [6, 6.07) is 4.71. The number of aryl methyl sites for hydroxylation is 2. The first kappa shape index (κ1) is 24.9. The highest BCUT2D eigenvalue weighted by Crippen LogP contribution is 2.29. The maximum Gasteiger partial charge on any atom is 0.387 e. The fraction of sp³-hybridized carbons (Fsp3) is 0.524. The van der Waals surface area contributed by atoms with E-state index in [9.17, 15) is 22.0 Å². The van der Waals surface area contributed by atoms with Crippen LogP contribution >= 0.6 is 0 Å². The summed E-state index contributed by atoms with van der Waals surface area (Å²) in [7, 11) is -0.595. The van der Waals surface area contributed by atoms with E-state index < -0.39 is 16.6 Å². The Morgan fingerprint density at radius 1 is 1.27 bits per heavy atom. The Labute approximate surface area is 191 Å². The van der Waals surface area contributed by atoms with Crippen molar-refractivity contribution < 1.29 is 31.5 Å². The number of amides is 1. The molecule has 1 aromatic carbocycles. The molecule has 1 N–H and O–H groups in total. The second kappa shape index (κ2) is 10.5. The summed E-state index contributed by atoms with van der Waals surface area (Å²) >= 11 is 0. The smallest absolute Gasteiger partial charge is 0.387 e. The Morgan fingerprint density at radius 3 is 2.55 bits per heavy atom. The van der Waals surface area contributed by atoms with Crippen LogP contribution in [0.4, 0.5) is 8.78 Å². The van der Waals surface area contributed by atoms with Gasteiger partial charge in [-0.05, 0) is 43.9 Å². The molecule has 1 aromatic heterocycles. The first-order valence-corrected chi connectivity index (χ1v) is 12.0. The van der Waals surface area contributed by atoms with Crippen molar-refractivity contribution in [2.24, 2.45) is 13.0 Å². The zero-order valence-electron chi connectivity index (χ0n) is 18.8. The van der Waals surface area contributed by atoms with Crippen molar-refractivity contribution in [3.63, 3.8) is 0 Å². The van der Waals surface area contributed by atoms with E-state index in [1.807, 2.05) is 0 Å². The molecule has 1 fully saturated rings. The van der Waals surface area contributed by atoms with Crippen molar-refractivity contribution in [1.82, 2.24) is 19.2 Å². The number of piperidine rings is 1. The highest BCUT2D eigenvalue weighted by Gasteiger charge is 2.33. The maximum atomic E-state index is 12.8. The molecule has 0 unspecified atom stereocenters. The molecule has 1 aliphatic heterocycles. The third-order valence-electron chi connectivity index (χ3n) is 5.67. The molecular formula is C21H28F2N4O5S. The number of alkyl halides is 2. The minimum absolute atomic E-state index is 0.0140. The van der Waals surface area contributed by atoms with Gasteiger partial charge in [-0.1, -0.05) is 6.07 Å². The van der Waals surface area contributed by atoms with Gasteiger partial charge in [0.1, 0.15) is 5.82 Å². The number of methoxy groups -OCH3 is 1. The van der Waals surface area contributed by atoms with Gasteiger partial charge < -0.3 is 19.4 Å². The van der Waals surface area contributed by atoms with Gasteiger partial charge in [-0.15, -0.1) is 0 Å². The highest BCUT2D eigenvalue weighted by atomic mass is 32.2. The number of carbonyl (C=O) groups excluding carboxylic acids is 1. The molecule has 1 saturated heterocycles. The summed E-state index contributed by atoms with van der Waals surface area (Å²) in [5, 5.41) is 2.86. The molecule has 0 bridgehead atoms. The van der Waals surface area contributed by atoms with E-state index in [0.717, 1.165) is 0 Å². The van der Waals surface area contributed by atoms with Crippen molar-refractivity contribution in [3.05, 3.63) is 35.8 Å². The van der Waals surface area contributed by atoms with Crippen molar-refractivity contribution in [3.8, 4) is 11.5 Å². The van der Waals surface area contributed by atoms with Gasteiger partial charge in [-0.25, -0.2) is 13.4 Å². The van der Waals surface area contributed by atoms with Gasteiger partial charge in [-0.3, -0.25) is 4.79 Å². The molecule has 1 aliphatic rings. The summed E-state index contributed by atoms with van der Waals surface area (Å²) in [6.45, 7) is -0.449. The van der Waals surface area contributed by atoms with Crippen LogP contribution < -0.4 is 14.8 Å². The van der Waals surface area contributed by atoms with Gasteiger partial charge in [0.25, 0.3) is 10.0 Å². The third kappa shape index (κ3) is 5.99. The fourth-order valence-corrected chi connectivity index (χ4v) is 5.18. The number of hydrogen-bond acceptors (Lipinski definition) is 6. The number of halogens is 2. The zero-order valence-corrected chi connectivity index (χ0v) is 19.6. The quantitative estimate of drug-likeness (QED) is 0.582. The van der Waals surface area contributed by atoms with E-state index in [4.69, 9.17) is 4.74 Å². The molecule has 0 atom stereocenters. The predicted octanol–water partition coefficient (Wildman–Crippen LogP) is 2.10. The minimum atomic E-state index is -3.69. The summed E-state index contributed by atoms with van der Waals surface area (Å²) in [6.07, 6.45) is 2.72. The van der Waals surface area contributed by atoms with Crippen LogP contribution in [0.2, 0.25) is 0 Å². The number of nitrogens with one attached hydrogen (secondary N) is 1. The maximum absolute atomic E-state index is 12.8. The Kier molecular flexibility index (Phi) is 7.90. The molecule has 2 aromatic rings. The standard InChI is InChI=1S/C21H28F2N4O5S/c1-14-25-19(13-26(14)2)33(29,30)27-10-7-16(8-11-27)20(28)24-9-6-15-4-5-17(31-3)18(12-15)32-21(22)23/h4-5,12-13,16,21H,6-11H2,1-3H3,(H,24,28). The molecule has 2 heterocycles. The predicted molar refractivity (Wildman–Crippen MR) is 116 cm³/mol. The SMILES string of the molecule is COc1ccc(CCNC(=O)C2CCN(S(=O)(=O)c3cn(C)c(C)n3)CC2)cc1OC(F)F. The number of aromatic nitrogens is 2. The third-order valence-corrected chi connectivity index (χ3v) is 7.44. The number of benzene rings is 1. The van der Waals surface area contributed by atoms with E-state index in [1.165, 1.54) is 29.7 Å². The van der Waals surface area contributed by atoms with Gasteiger partial charge in [-0.2, -0.15) is 13.1 Å². The Morgan fingerprint density at radius 2 is 1.97 bits per heavy atom. The number of imidazole rings is 1. The van der Waals surface area contributed by atoms with E-state index in [1.54, 1.807) is 24.6 Å². The summed E-state index contributed by atoms with van der Waals surface area (Å²) in [4.78, 5) is 16.6. The van der Waals surface area contributed by atoms with Crippen LogP contribution in [0.25, 0.3) is 0 Å².